The van der Waals surface area contributed by atoms with Crippen molar-refractivity contribution in [3.8, 4) is 0 Å². The third kappa shape index (κ3) is 10.3. The molecule has 0 spiro atoms. The summed E-state index contributed by atoms with van der Waals surface area (Å²) in [5.41, 5.74) is 4.90. The lowest BCUT2D eigenvalue weighted by Crippen LogP contribution is -2.42. The Hall–Kier alpha value is -0.850. The first kappa shape index (κ1) is 19.5. The first-order chi connectivity index (χ1) is 7.90. The lowest BCUT2D eigenvalue weighted by molar-refractivity contribution is -0.158. The molecule has 7 heteroatoms. The van der Waals surface area contributed by atoms with Crippen LogP contribution in [0.2, 0.25) is 0 Å². The molecule has 1 atom stereocenters. The maximum Gasteiger partial charge on any atom is 0.323 e. The van der Waals surface area contributed by atoms with Crippen LogP contribution >= 0.6 is 12.4 Å². The van der Waals surface area contributed by atoms with Crippen molar-refractivity contribution in [2.45, 2.75) is 45.3 Å². The van der Waals surface area contributed by atoms with E-state index in [1.165, 1.54) is 0 Å². The number of halogens is 1. The Labute approximate surface area is 115 Å². The Morgan fingerprint density at radius 1 is 1.50 bits per heavy atom. The number of esters is 1. The highest BCUT2D eigenvalue weighted by Gasteiger charge is 2.24. The molecule has 0 unspecified atom stereocenters. The normalized spacial score (nSPS) is 12.2. The third-order valence-electron chi connectivity index (χ3n) is 1.88. The van der Waals surface area contributed by atoms with Crippen LogP contribution in [0.15, 0.2) is 0 Å². The van der Waals surface area contributed by atoms with Crippen LogP contribution < -0.4 is 11.1 Å². The topological polar surface area (TPSA) is 97.4 Å². The van der Waals surface area contributed by atoms with Crippen molar-refractivity contribution in [2.75, 3.05) is 13.3 Å². The van der Waals surface area contributed by atoms with Crippen molar-refractivity contribution in [1.82, 2.24) is 5.32 Å². The fraction of sp³-hybridized carbons (Fsp3) is 0.818. The van der Waals surface area contributed by atoms with Crippen molar-refractivity contribution < 1.29 is 14.3 Å². The molecular formula is C11H24ClN3O3. The van der Waals surface area contributed by atoms with E-state index in [4.69, 9.17) is 20.6 Å². The van der Waals surface area contributed by atoms with Gasteiger partial charge in [-0.3, -0.25) is 15.5 Å². The Morgan fingerprint density at radius 2 is 2.11 bits per heavy atom. The highest BCUT2D eigenvalue weighted by molar-refractivity contribution is 5.85. The third-order valence-corrected chi connectivity index (χ3v) is 1.88. The molecule has 0 aliphatic rings. The average molecular weight is 282 g/mol. The second-order valence-corrected chi connectivity index (χ2v) is 4.65. The highest BCUT2D eigenvalue weighted by atomic mass is 35.5. The van der Waals surface area contributed by atoms with E-state index in [-0.39, 0.29) is 25.1 Å². The molecule has 0 rings (SSSR count). The van der Waals surface area contributed by atoms with Crippen LogP contribution in [0.1, 0.15) is 33.6 Å². The Balaban J connectivity index is 0. The van der Waals surface area contributed by atoms with E-state index >= 15 is 0 Å². The van der Waals surface area contributed by atoms with Crippen LogP contribution in [0.3, 0.4) is 0 Å². The van der Waals surface area contributed by atoms with Gasteiger partial charge in [-0.05, 0) is 40.2 Å². The van der Waals surface area contributed by atoms with Crippen LogP contribution in [-0.2, 0) is 14.3 Å². The SMILES string of the molecule is CC(C)(C)OC(=O)[C@H](CCCN)NCOC=N.Cl. The van der Waals surface area contributed by atoms with Crippen LogP contribution in [0, 0.1) is 5.41 Å². The first-order valence-electron chi connectivity index (χ1n) is 5.67. The number of hydrogen-bond donors (Lipinski definition) is 3. The fourth-order valence-electron chi connectivity index (χ4n) is 1.19. The molecule has 6 nitrogen and oxygen atoms in total. The van der Waals surface area contributed by atoms with Gasteiger partial charge in [0.2, 0.25) is 0 Å². The Bertz CT molecular complexity index is 244. The summed E-state index contributed by atoms with van der Waals surface area (Å²) in [4.78, 5) is 11.8. The summed E-state index contributed by atoms with van der Waals surface area (Å²) in [6.07, 6.45) is 2.14. The monoisotopic (exact) mass is 281 g/mol. The Morgan fingerprint density at radius 3 is 2.56 bits per heavy atom. The molecule has 0 aliphatic heterocycles. The van der Waals surface area contributed by atoms with Gasteiger partial charge in [0, 0.05) is 0 Å². The van der Waals surface area contributed by atoms with Crippen molar-refractivity contribution in [2.24, 2.45) is 5.73 Å². The molecule has 0 bridgehead atoms. The van der Waals surface area contributed by atoms with Crippen molar-refractivity contribution in [3.63, 3.8) is 0 Å². The minimum atomic E-state index is -0.512. The van der Waals surface area contributed by atoms with Gasteiger partial charge >= 0.3 is 5.97 Å². The number of nitrogens with one attached hydrogen (secondary N) is 2. The second-order valence-electron chi connectivity index (χ2n) is 4.65. The van der Waals surface area contributed by atoms with Crippen molar-refractivity contribution in [3.05, 3.63) is 0 Å². The smallest absolute Gasteiger partial charge is 0.323 e. The molecular weight excluding hydrogens is 258 g/mol. The van der Waals surface area contributed by atoms with E-state index in [1.54, 1.807) is 0 Å². The summed E-state index contributed by atoms with van der Waals surface area (Å²) in [6.45, 7) is 6.08. The van der Waals surface area contributed by atoms with Gasteiger partial charge in [0.05, 0.1) is 0 Å². The molecule has 4 N–H and O–H groups in total. The van der Waals surface area contributed by atoms with Gasteiger partial charge in [0.15, 0.2) is 6.40 Å². The zero-order chi connectivity index (χ0) is 13.3. The molecule has 0 aliphatic carbocycles. The van der Waals surface area contributed by atoms with Gasteiger partial charge in [-0.1, -0.05) is 0 Å². The van der Waals surface area contributed by atoms with Crippen LogP contribution in [0.25, 0.3) is 0 Å². The van der Waals surface area contributed by atoms with Crippen LogP contribution in [0.4, 0.5) is 0 Å². The summed E-state index contributed by atoms with van der Waals surface area (Å²) in [5, 5.41) is 9.59. The maximum absolute atomic E-state index is 11.8. The quantitative estimate of drug-likeness (QED) is 0.203. The van der Waals surface area contributed by atoms with Gasteiger partial charge < -0.3 is 15.2 Å². The predicted octanol–water partition coefficient (Wildman–Crippen LogP) is 1.03. The minimum Gasteiger partial charge on any atom is -0.468 e. The number of hydrogen-bond acceptors (Lipinski definition) is 6. The van der Waals surface area contributed by atoms with Gasteiger partial charge in [-0.25, -0.2) is 0 Å². The molecule has 0 amide bonds. The Kier molecular flexibility index (Phi) is 10.9. The molecule has 0 aromatic carbocycles. The average Bonchev–Trinajstić information content (AvgIpc) is 2.20. The lowest BCUT2D eigenvalue weighted by Gasteiger charge is -2.24. The van der Waals surface area contributed by atoms with E-state index in [0.717, 1.165) is 12.8 Å². The van der Waals surface area contributed by atoms with E-state index in [2.05, 4.69) is 5.32 Å². The van der Waals surface area contributed by atoms with Crippen LogP contribution in [-0.4, -0.2) is 37.3 Å². The van der Waals surface area contributed by atoms with E-state index in [0.29, 0.717) is 13.0 Å². The predicted molar refractivity (Wildman–Crippen MR) is 73.0 cm³/mol. The lowest BCUT2D eigenvalue weighted by atomic mass is 10.1. The molecule has 0 fully saturated rings. The minimum absolute atomic E-state index is 0. The standard InChI is InChI=1S/C11H23N3O3.ClH/c1-11(2,3)17-10(15)9(5-4-6-12)14-8-16-7-13;/h7,9,13-14H,4-6,8,12H2,1-3H3;1H/t9-;/m0./s1. The second kappa shape index (κ2) is 10.1. The summed E-state index contributed by atoms with van der Waals surface area (Å²) < 4.78 is 9.99. The molecule has 18 heavy (non-hydrogen) atoms. The molecule has 0 aromatic rings. The van der Waals surface area contributed by atoms with Crippen molar-refractivity contribution in [1.29, 1.82) is 5.41 Å². The van der Waals surface area contributed by atoms with E-state index in [1.807, 2.05) is 20.8 Å². The van der Waals surface area contributed by atoms with Crippen molar-refractivity contribution >= 4 is 24.8 Å². The van der Waals surface area contributed by atoms with Gasteiger partial charge in [0.1, 0.15) is 18.4 Å². The molecule has 0 saturated heterocycles. The largest absolute Gasteiger partial charge is 0.468 e. The number of carbonyl (C=O) groups excluding carboxylic acids is 1. The molecule has 0 saturated carbocycles. The van der Waals surface area contributed by atoms with Gasteiger partial charge in [-0.15, -0.1) is 12.4 Å². The van der Waals surface area contributed by atoms with Crippen LogP contribution in [0.5, 0.6) is 0 Å². The molecule has 0 heterocycles. The first-order valence-corrected chi connectivity index (χ1v) is 5.67. The maximum atomic E-state index is 11.8. The molecule has 0 radical (unpaired) electrons. The zero-order valence-corrected chi connectivity index (χ0v) is 12.0. The highest BCUT2D eigenvalue weighted by Crippen LogP contribution is 2.10. The zero-order valence-electron chi connectivity index (χ0n) is 11.2. The summed E-state index contributed by atoms with van der Waals surface area (Å²) in [6, 6.07) is -0.447. The molecule has 108 valence electrons. The molecule has 0 aromatic heterocycles. The van der Waals surface area contributed by atoms with E-state index in [9.17, 15) is 4.79 Å². The van der Waals surface area contributed by atoms with Gasteiger partial charge in [-0.2, -0.15) is 0 Å². The number of rotatable bonds is 8. The summed E-state index contributed by atoms with van der Waals surface area (Å²) in [5.74, 6) is -0.320. The number of carbonyl (C=O) groups is 1. The van der Waals surface area contributed by atoms with E-state index < -0.39 is 11.6 Å². The fourth-order valence-corrected chi connectivity index (χ4v) is 1.19. The van der Waals surface area contributed by atoms with Gasteiger partial charge in [0.25, 0.3) is 0 Å². The number of ether oxygens (including phenoxy) is 2. The summed E-state index contributed by atoms with van der Waals surface area (Å²) in [7, 11) is 0. The summed E-state index contributed by atoms with van der Waals surface area (Å²) >= 11 is 0. The number of nitrogens with two attached hydrogens (primary N) is 1.